The highest BCUT2D eigenvalue weighted by atomic mass is 32.2. The van der Waals surface area contributed by atoms with Gasteiger partial charge in [-0.3, -0.25) is 4.79 Å². The maximum atomic E-state index is 12.3. The van der Waals surface area contributed by atoms with Gasteiger partial charge >= 0.3 is 12.0 Å². The summed E-state index contributed by atoms with van der Waals surface area (Å²) in [6.07, 6.45) is 11.2. The lowest BCUT2D eigenvalue weighted by Gasteiger charge is -2.32. The Morgan fingerprint density at radius 1 is 1.00 bits per heavy atom. The first kappa shape index (κ1) is 24.7. The highest BCUT2D eigenvalue weighted by molar-refractivity contribution is 7.91. The maximum absolute atomic E-state index is 12.3. The molecule has 0 aromatic carbocycles. The first-order chi connectivity index (χ1) is 12.9. The van der Waals surface area contributed by atoms with Crippen LogP contribution in [0.2, 0.25) is 0 Å². The van der Waals surface area contributed by atoms with Crippen molar-refractivity contribution in [3.8, 4) is 0 Å². The zero-order valence-corrected chi connectivity index (χ0v) is 18.4. The number of nitrogens with two attached hydrogens (primary N) is 1. The zero-order valence-electron chi connectivity index (χ0n) is 17.6. The van der Waals surface area contributed by atoms with E-state index in [2.05, 4.69) is 20.8 Å². The Morgan fingerprint density at radius 2 is 1.46 bits per heavy atom. The van der Waals surface area contributed by atoms with Gasteiger partial charge in [0.2, 0.25) is 10.0 Å². The summed E-state index contributed by atoms with van der Waals surface area (Å²) >= 11 is 0. The molecule has 0 spiro atoms. The Bertz CT molecular complexity index is 627. The van der Waals surface area contributed by atoms with Crippen molar-refractivity contribution < 1.29 is 23.1 Å². The number of hydrogen-bond donors (Lipinski definition) is 3. The molecular formula is C20H38N2O5S. The van der Waals surface area contributed by atoms with Gasteiger partial charge in [0.05, 0.1) is 5.25 Å². The molecule has 0 heterocycles. The molecule has 4 N–H and O–H groups in total. The van der Waals surface area contributed by atoms with Gasteiger partial charge in [-0.15, -0.1) is 0 Å². The summed E-state index contributed by atoms with van der Waals surface area (Å²) in [5.41, 5.74) is 4.56. The van der Waals surface area contributed by atoms with Crippen LogP contribution in [0.3, 0.4) is 0 Å². The van der Waals surface area contributed by atoms with Crippen LogP contribution in [0.15, 0.2) is 0 Å². The molecule has 0 bridgehead atoms. The van der Waals surface area contributed by atoms with Gasteiger partial charge in [-0.05, 0) is 30.1 Å². The van der Waals surface area contributed by atoms with Crippen molar-refractivity contribution in [3.05, 3.63) is 0 Å². The predicted molar refractivity (Wildman–Crippen MR) is 110 cm³/mol. The molecule has 0 radical (unpaired) electrons. The summed E-state index contributed by atoms with van der Waals surface area (Å²) in [5.74, 6) is -0.718. The van der Waals surface area contributed by atoms with Crippen LogP contribution in [-0.4, -0.2) is 30.8 Å². The van der Waals surface area contributed by atoms with E-state index in [-0.39, 0.29) is 17.3 Å². The number of primary amides is 1. The fourth-order valence-electron chi connectivity index (χ4n) is 4.27. The zero-order chi connectivity index (χ0) is 21.4. The second-order valence-electron chi connectivity index (χ2n) is 9.19. The number of carboxylic acid groups (broad SMARTS) is 1. The van der Waals surface area contributed by atoms with Gasteiger partial charge < -0.3 is 10.8 Å². The minimum Gasteiger partial charge on any atom is -0.481 e. The van der Waals surface area contributed by atoms with Crippen LogP contribution >= 0.6 is 0 Å². The van der Waals surface area contributed by atoms with Gasteiger partial charge in [0.15, 0.2) is 0 Å². The molecule has 0 saturated heterocycles. The molecule has 1 aliphatic carbocycles. The molecular weight excluding hydrogens is 380 g/mol. The number of unbranched alkanes of at least 4 members (excludes halogenated alkanes) is 8. The Morgan fingerprint density at radius 3 is 1.89 bits per heavy atom. The van der Waals surface area contributed by atoms with Gasteiger partial charge in [0.25, 0.3) is 0 Å². The second kappa shape index (κ2) is 10.5. The van der Waals surface area contributed by atoms with E-state index in [0.717, 1.165) is 64.2 Å². The standard InChI is InChI=1S/C20H38N2O5S/c1-19(2,3)20(15-16(20)28(26,27)22-18(21)25)14-12-10-8-6-4-5-7-9-11-13-17(23)24/h16H,4-15H2,1-3H3,(H,23,24)(H3,21,22,25). The van der Waals surface area contributed by atoms with Gasteiger partial charge in [-0.2, -0.15) is 0 Å². The van der Waals surface area contributed by atoms with Crippen molar-refractivity contribution in [2.75, 3.05) is 0 Å². The molecule has 0 aromatic rings. The topological polar surface area (TPSA) is 127 Å². The van der Waals surface area contributed by atoms with E-state index in [1.165, 1.54) is 0 Å². The van der Waals surface area contributed by atoms with Gasteiger partial charge in [0, 0.05) is 6.42 Å². The average molecular weight is 419 g/mol. The lowest BCUT2D eigenvalue weighted by Crippen LogP contribution is -2.40. The average Bonchev–Trinajstić information content (AvgIpc) is 3.28. The molecule has 1 fully saturated rings. The first-order valence-corrected chi connectivity index (χ1v) is 12.0. The number of carbonyl (C=O) groups is 2. The molecule has 8 heteroatoms. The molecule has 1 saturated carbocycles. The molecule has 2 amide bonds. The molecule has 164 valence electrons. The third-order valence-corrected chi connectivity index (χ3v) is 7.98. The lowest BCUT2D eigenvalue weighted by molar-refractivity contribution is -0.137. The number of sulfonamides is 1. The molecule has 7 nitrogen and oxygen atoms in total. The summed E-state index contributed by atoms with van der Waals surface area (Å²) < 4.78 is 26.6. The molecule has 2 atom stereocenters. The molecule has 0 aromatic heterocycles. The molecule has 0 aliphatic heterocycles. The van der Waals surface area contributed by atoms with E-state index in [9.17, 15) is 18.0 Å². The van der Waals surface area contributed by atoms with E-state index in [1.807, 2.05) is 4.72 Å². The highest BCUT2D eigenvalue weighted by Gasteiger charge is 2.66. The lowest BCUT2D eigenvalue weighted by atomic mass is 9.74. The molecule has 2 unspecified atom stereocenters. The van der Waals surface area contributed by atoms with Crippen LogP contribution in [0.4, 0.5) is 4.79 Å². The highest BCUT2D eigenvalue weighted by Crippen LogP contribution is 2.64. The number of carboxylic acids is 1. The number of rotatable bonds is 14. The van der Waals surface area contributed by atoms with E-state index in [0.29, 0.717) is 6.42 Å². The SMILES string of the molecule is CC(C)(C)C1(CCCCCCCCCCCC(=O)O)CC1S(=O)(=O)NC(N)=O. The summed E-state index contributed by atoms with van der Waals surface area (Å²) in [5, 5.41) is 8.05. The van der Waals surface area contributed by atoms with Crippen molar-refractivity contribution in [2.24, 2.45) is 16.6 Å². The Balaban J connectivity index is 2.27. The van der Waals surface area contributed by atoms with E-state index in [4.69, 9.17) is 10.8 Å². The van der Waals surface area contributed by atoms with Crippen LogP contribution in [0.5, 0.6) is 0 Å². The van der Waals surface area contributed by atoms with Crippen LogP contribution in [0.25, 0.3) is 0 Å². The minimum absolute atomic E-state index is 0.153. The minimum atomic E-state index is -3.71. The smallest absolute Gasteiger partial charge is 0.325 e. The Kier molecular flexibility index (Phi) is 9.24. The van der Waals surface area contributed by atoms with Crippen LogP contribution in [0, 0.1) is 10.8 Å². The Hall–Kier alpha value is -1.31. The monoisotopic (exact) mass is 418 g/mol. The second-order valence-corrected chi connectivity index (χ2v) is 11.0. The Labute approximate surface area is 169 Å². The van der Waals surface area contributed by atoms with E-state index >= 15 is 0 Å². The van der Waals surface area contributed by atoms with E-state index in [1.54, 1.807) is 0 Å². The summed E-state index contributed by atoms with van der Waals surface area (Å²) in [6.45, 7) is 6.20. The van der Waals surface area contributed by atoms with Crippen molar-refractivity contribution in [1.82, 2.24) is 4.72 Å². The van der Waals surface area contributed by atoms with Crippen molar-refractivity contribution in [3.63, 3.8) is 0 Å². The number of amides is 2. The van der Waals surface area contributed by atoms with Crippen molar-refractivity contribution in [1.29, 1.82) is 0 Å². The molecule has 1 rings (SSSR count). The maximum Gasteiger partial charge on any atom is 0.325 e. The third-order valence-electron chi connectivity index (χ3n) is 6.13. The van der Waals surface area contributed by atoms with Crippen molar-refractivity contribution >= 4 is 22.0 Å². The summed E-state index contributed by atoms with van der Waals surface area (Å²) in [4.78, 5) is 21.4. The fourth-order valence-corrected chi connectivity index (χ4v) is 6.28. The van der Waals surface area contributed by atoms with Gasteiger partial charge in [-0.25, -0.2) is 17.9 Å². The molecule has 1 aliphatic rings. The summed E-state index contributed by atoms with van der Waals surface area (Å²) in [7, 11) is -3.71. The third kappa shape index (κ3) is 7.60. The van der Waals surface area contributed by atoms with Gasteiger partial charge in [0.1, 0.15) is 0 Å². The number of aliphatic carboxylic acids is 1. The number of hydrogen-bond acceptors (Lipinski definition) is 4. The van der Waals surface area contributed by atoms with Crippen LogP contribution in [0.1, 0.15) is 97.8 Å². The quantitative estimate of drug-likeness (QED) is 0.365. The van der Waals surface area contributed by atoms with Crippen LogP contribution in [-0.2, 0) is 14.8 Å². The number of carbonyl (C=O) groups excluding carboxylic acids is 1. The normalized spacial score (nSPS) is 22.0. The molecule has 28 heavy (non-hydrogen) atoms. The number of urea groups is 1. The van der Waals surface area contributed by atoms with Crippen LogP contribution < -0.4 is 10.5 Å². The number of nitrogens with one attached hydrogen (secondary N) is 1. The predicted octanol–water partition coefficient (Wildman–Crippen LogP) is 4.17. The largest absolute Gasteiger partial charge is 0.481 e. The van der Waals surface area contributed by atoms with Gasteiger partial charge in [-0.1, -0.05) is 72.1 Å². The van der Waals surface area contributed by atoms with E-state index < -0.39 is 27.3 Å². The summed E-state index contributed by atoms with van der Waals surface area (Å²) in [6, 6.07) is -1.02. The fraction of sp³-hybridized carbons (Fsp3) is 0.900. The first-order valence-electron chi connectivity index (χ1n) is 10.5. The van der Waals surface area contributed by atoms with Crippen molar-refractivity contribution in [2.45, 2.75) is 103 Å².